The van der Waals surface area contributed by atoms with Crippen LogP contribution in [0.3, 0.4) is 0 Å². The highest BCUT2D eigenvalue weighted by atomic mass is 32.1. The maximum Gasteiger partial charge on any atom is 0.257 e. The number of hydrogen-bond donors (Lipinski definition) is 0. The zero-order chi connectivity index (χ0) is 21.4. The van der Waals surface area contributed by atoms with Crippen LogP contribution < -0.4 is 0 Å². The zero-order valence-electron chi connectivity index (χ0n) is 17.1. The molecule has 9 heteroatoms. The lowest BCUT2D eigenvalue weighted by Crippen LogP contribution is -2.53. The van der Waals surface area contributed by atoms with Gasteiger partial charge in [0.05, 0.1) is 5.56 Å². The van der Waals surface area contributed by atoms with Crippen molar-refractivity contribution in [2.75, 3.05) is 32.7 Å². The lowest BCUT2D eigenvalue weighted by atomic mass is 10.1. The zero-order valence-corrected chi connectivity index (χ0v) is 17.9. The highest BCUT2D eigenvalue weighted by Gasteiger charge is 2.33. The minimum atomic E-state index is -0.289. The van der Waals surface area contributed by atoms with Gasteiger partial charge in [-0.3, -0.25) is 24.1 Å². The smallest absolute Gasteiger partial charge is 0.257 e. The summed E-state index contributed by atoms with van der Waals surface area (Å²) in [5.41, 5.74) is 1.69. The van der Waals surface area contributed by atoms with Gasteiger partial charge in [0.2, 0.25) is 17.7 Å². The molecule has 4 rings (SSSR count). The van der Waals surface area contributed by atoms with Crippen LogP contribution in [0.1, 0.15) is 33.6 Å². The molecule has 4 heterocycles. The third-order valence-corrected chi connectivity index (χ3v) is 7.01. The first kappa shape index (κ1) is 20.3. The van der Waals surface area contributed by atoms with E-state index in [4.69, 9.17) is 0 Å². The van der Waals surface area contributed by atoms with Crippen LogP contribution in [0.2, 0.25) is 0 Å². The Labute approximate surface area is 178 Å². The summed E-state index contributed by atoms with van der Waals surface area (Å²) >= 11 is 1.60. The van der Waals surface area contributed by atoms with Crippen molar-refractivity contribution in [3.63, 3.8) is 0 Å². The average Bonchev–Trinajstić information content (AvgIpc) is 3.45. The molecule has 0 unspecified atom stereocenters. The number of amides is 4. The van der Waals surface area contributed by atoms with Crippen LogP contribution in [-0.2, 0) is 14.4 Å². The topological polar surface area (TPSA) is 82.9 Å². The third kappa shape index (κ3) is 3.65. The van der Waals surface area contributed by atoms with E-state index in [-0.39, 0.29) is 43.0 Å². The van der Waals surface area contributed by atoms with Crippen LogP contribution in [0.5, 0.6) is 0 Å². The van der Waals surface area contributed by atoms with Gasteiger partial charge in [-0.1, -0.05) is 0 Å². The van der Waals surface area contributed by atoms with E-state index in [0.29, 0.717) is 31.7 Å². The first-order chi connectivity index (χ1) is 14.4. The van der Waals surface area contributed by atoms with Gasteiger partial charge in [-0.15, -0.1) is 11.3 Å². The number of aryl methyl sites for hydroxylation is 1. The van der Waals surface area contributed by atoms with E-state index >= 15 is 0 Å². The molecule has 158 valence electrons. The van der Waals surface area contributed by atoms with Crippen molar-refractivity contribution in [2.45, 2.75) is 26.7 Å². The van der Waals surface area contributed by atoms with Crippen LogP contribution in [-0.4, -0.2) is 75.6 Å². The van der Waals surface area contributed by atoms with E-state index < -0.39 is 0 Å². The maximum atomic E-state index is 13.3. The summed E-state index contributed by atoms with van der Waals surface area (Å²) in [4.78, 5) is 54.9. The summed E-state index contributed by atoms with van der Waals surface area (Å²) in [7, 11) is 0. The lowest BCUT2D eigenvalue weighted by Gasteiger charge is -2.35. The summed E-state index contributed by atoms with van der Waals surface area (Å²) in [5, 5.41) is 0.907. The van der Waals surface area contributed by atoms with Crippen molar-refractivity contribution >= 4 is 35.0 Å². The maximum absolute atomic E-state index is 13.3. The van der Waals surface area contributed by atoms with Gasteiger partial charge in [0.25, 0.3) is 5.91 Å². The monoisotopic (exact) mass is 428 g/mol. The van der Waals surface area contributed by atoms with Crippen molar-refractivity contribution in [1.29, 1.82) is 0 Å². The Bertz CT molecular complexity index is 987. The molecule has 8 nitrogen and oxygen atoms in total. The molecule has 0 radical (unpaired) electrons. The molecule has 0 aliphatic carbocycles. The molecule has 30 heavy (non-hydrogen) atoms. The number of carbonyl (C=O) groups excluding carboxylic acids is 4. The van der Waals surface area contributed by atoms with Gasteiger partial charge in [-0.25, -0.2) is 0 Å². The van der Waals surface area contributed by atoms with Gasteiger partial charge in [-0.2, -0.15) is 0 Å². The van der Waals surface area contributed by atoms with Gasteiger partial charge < -0.3 is 14.4 Å². The van der Waals surface area contributed by atoms with Crippen LogP contribution >= 0.6 is 11.3 Å². The number of aromatic nitrogens is 1. The van der Waals surface area contributed by atoms with E-state index in [0.717, 1.165) is 20.3 Å². The van der Waals surface area contributed by atoms with Gasteiger partial charge in [0.15, 0.2) is 0 Å². The predicted octanol–water partition coefficient (Wildman–Crippen LogP) is 1.59. The molecule has 0 saturated carbocycles. The molecule has 0 N–H and O–H groups in total. The van der Waals surface area contributed by atoms with E-state index in [1.807, 2.05) is 42.9 Å². The third-order valence-electron chi connectivity index (χ3n) is 5.79. The molecule has 0 aromatic carbocycles. The molecule has 0 spiro atoms. The fraction of sp³-hybridized carbons (Fsp3) is 0.429. The second-order valence-electron chi connectivity index (χ2n) is 7.60. The van der Waals surface area contributed by atoms with Gasteiger partial charge in [0.1, 0.15) is 11.5 Å². The van der Waals surface area contributed by atoms with Crippen LogP contribution in [0.25, 0.3) is 5.00 Å². The van der Waals surface area contributed by atoms with Crippen molar-refractivity contribution in [3.8, 4) is 5.00 Å². The number of nitrogens with zero attached hydrogens (tertiary/aromatic N) is 4. The minimum absolute atomic E-state index is 0.0300. The molecule has 2 saturated heterocycles. The second-order valence-corrected chi connectivity index (χ2v) is 8.80. The molecule has 0 bridgehead atoms. The molecular formula is C21H24N4O4S. The fourth-order valence-electron chi connectivity index (χ4n) is 3.86. The predicted molar refractivity (Wildman–Crippen MR) is 112 cm³/mol. The Morgan fingerprint density at radius 3 is 2.10 bits per heavy atom. The number of thiophene rings is 1. The number of rotatable bonds is 4. The van der Waals surface area contributed by atoms with E-state index in [1.165, 1.54) is 0 Å². The van der Waals surface area contributed by atoms with Crippen LogP contribution in [0.4, 0.5) is 0 Å². The molecule has 2 aromatic rings. The second kappa shape index (κ2) is 8.06. The van der Waals surface area contributed by atoms with E-state index in [9.17, 15) is 19.2 Å². The molecule has 2 aromatic heterocycles. The summed E-state index contributed by atoms with van der Waals surface area (Å²) in [6.07, 6.45) is 4.22. The SMILES string of the molecule is Cc1sc(-n2cccc2)c(C(=O)N2CCN(C(=O)CN3C(=O)CCC3=O)CC2)c1C. The van der Waals surface area contributed by atoms with Gasteiger partial charge in [0, 0.05) is 56.3 Å². The molecule has 2 aliphatic rings. The average molecular weight is 429 g/mol. The summed E-state index contributed by atoms with van der Waals surface area (Å²) in [5.74, 6) is -0.857. The van der Waals surface area contributed by atoms with E-state index in [1.54, 1.807) is 21.1 Å². The quantitative estimate of drug-likeness (QED) is 0.693. The summed E-state index contributed by atoms with van der Waals surface area (Å²) in [6, 6.07) is 3.86. The Morgan fingerprint density at radius 2 is 1.50 bits per heavy atom. The van der Waals surface area contributed by atoms with Gasteiger partial charge in [-0.05, 0) is 31.5 Å². The summed E-state index contributed by atoms with van der Waals surface area (Å²) < 4.78 is 1.96. The number of imide groups is 1. The number of hydrogen-bond acceptors (Lipinski definition) is 5. The molecule has 4 amide bonds. The standard InChI is InChI=1S/C21H24N4O4S/c1-14-15(2)30-21(24-7-3-4-8-24)19(14)20(29)23-11-9-22(10-12-23)18(28)13-25-16(26)5-6-17(25)27/h3-4,7-8H,5-6,9-13H2,1-2H3. The van der Waals surface area contributed by atoms with Crippen molar-refractivity contribution in [2.24, 2.45) is 0 Å². The highest BCUT2D eigenvalue weighted by Crippen LogP contribution is 2.32. The van der Waals surface area contributed by atoms with Crippen molar-refractivity contribution in [1.82, 2.24) is 19.3 Å². The molecule has 2 fully saturated rings. The fourth-order valence-corrected chi connectivity index (χ4v) is 4.98. The van der Waals surface area contributed by atoms with Crippen molar-refractivity contribution in [3.05, 3.63) is 40.5 Å². The van der Waals surface area contributed by atoms with E-state index in [2.05, 4.69) is 0 Å². The minimum Gasteiger partial charge on any atom is -0.338 e. The van der Waals surface area contributed by atoms with Gasteiger partial charge >= 0.3 is 0 Å². The Hall–Kier alpha value is -2.94. The number of piperazine rings is 1. The normalized spacial score (nSPS) is 17.2. The van der Waals surface area contributed by atoms with Crippen LogP contribution in [0, 0.1) is 13.8 Å². The first-order valence-corrected chi connectivity index (χ1v) is 10.8. The molecule has 2 aliphatic heterocycles. The number of likely N-dealkylation sites (tertiary alicyclic amines) is 1. The molecule has 0 atom stereocenters. The number of carbonyl (C=O) groups is 4. The lowest BCUT2D eigenvalue weighted by molar-refractivity contribution is -0.146. The molecular weight excluding hydrogens is 404 g/mol. The Balaban J connectivity index is 1.42. The Kier molecular flexibility index (Phi) is 5.46. The summed E-state index contributed by atoms with van der Waals surface area (Å²) in [6.45, 7) is 5.41. The van der Waals surface area contributed by atoms with Crippen LogP contribution in [0.15, 0.2) is 24.5 Å². The largest absolute Gasteiger partial charge is 0.338 e. The van der Waals surface area contributed by atoms with Crippen molar-refractivity contribution < 1.29 is 19.2 Å². The highest BCUT2D eigenvalue weighted by molar-refractivity contribution is 7.15. The first-order valence-electron chi connectivity index (χ1n) is 10.0. The Morgan fingerprint density at radius 1 is 0.933 bits per heavy atom.